The monoisotopic (exact) mass is 489 g/mol. The SMILES string of the molecule is COc1cc(C=O)ccc1OCC(O)CN(Cc1ccc(C(C)(C)C)cc1)C1CCS(=O)(=O)C1. The maximum Gasteiger partial charge on any atom is 0.161 e. The number of carbonyl (C=O) groups is 1. The van der Waals surface area contributed by atoms with E-state index in [1.807, 2.05) is 4.90 Å². The Bertz CT molecular complexity index is 1080. The highest BCUT2D eigenvalue weighted by Gasteiger charge is 2.33. The van der Waals surface area contributed by atoms with Crippen molar-refractivity contribution >= 4 is 16.1 Å². The quantitative estimate of drug-likeness (QED) is 0.512. The van der Waals surface area contributed by atoms with Crippen LogP contribution in [0.15, 0.2) is 42.5 Å². The maximum atomic E-state index is 12.1. The van der Waals surface area contributed by atoms with Crippen LogP contribution in [-0.4, -0.2) is 68.6 Å². The van der Waals surface area contributed by atoms with Gasteiger partial charge in [-0.15, -0.1) is 0 Å². The third-order valence-electron chi connectivity index (χ3n) is 6.13. The topological polar surface area (TPSA) is 93.1 Å². The van der Waals surface area contributed by atoms with E-state index in [0.29, 0.717) is 30.0 Å². The molecule has 1 aliphatic rings. The standard InChI is InChI=1S/C26H35NO6S/c1-26(2,3)21-8-5-19(6-9-21)14-27(22-11-12-34(30,31)18-22)15-23(29)17-33-24-10-7-20(16-28)13-25(24)32-4/h5-10,13,16,22-23,29H,11-12,14-15,17-18H2,1-4H3. The molecule has 1 saturated heterocycles. The molecule has 2 unspecified atom stereocenters. The van der Waals surface area contributed by atoms with Crippen LogP contribution >= 0.6 is 0 Å². The van der Waals surface area contributed by atoms with Crippen molar-refractivity contribution < 1.29 is 27.8 Å². The van der Waals surface area contributed by atoms with Crippen LogP contribution in [0.1, 0.15) is 48.7 Å². The first-order chi connectivity index (χ1) is 16.0. The third-order valence-corrected chi connectivity index (χ3v) is 7.88. The van der Waals surface area contributed by atoms with E-state index in [2.05, 4.69) is 45.0 Å². The van der Waals surface area contributed by atoms with Gasteiger partial charge in [0, 0.05) is 24.7 Å². The van der Waals surface area contributed by atoms with Crippen molar-refractivity contribution in [2.45, 2.75) is 51.3 Å². The van der Waals surface area contributed by atoms with Crippen LogP contribution in [0.4, 0.5) is 0 Å². The molecule has 1 heterocycles. The van der Waals surface area contributed by atoms with Crippen LogP contribution in [0, 0.1) is 0 Å². The van der Waals surface area contributed by atoms with E-state index < -0.39 is 15.9 Å². The van der Waals surface area contributed by atoms with E-state index >= 15 is 0 Å². The molecule has 0 radical (unpaired) electrons. The second-order valence-electron chi connectivity index (χ2n) is 9.93. The van der Waals surface area contributed by atoms with Gasteiger partial charge in [-0.25, -0.2) is 8.42 Å². The second kappa shape index (κ2) is 10.9. The van der Waals surface area contributed by atoms with Crippen LogP contribution in [0.5, 0.6) is 11.5 Å². The summed E-state index contributed by atoms with van der Waals surface area (Å²) in [7, 11) is -1.58. The lowest BCUT2D eigenvalue weighted by atomic mass is 9.86. The number of sulfone groups is 1. The molecule has 2 atom stereocenters. The summed E-state index contributed by atoms with van der Waals surface area (Å²) in [6.07, 6.45) is 0.437. The zero-order chi connectivity index (χ0) is 24.9. The van der Waals surface area contributed by atoms with Crippen molar-refractivity contribution in [2.75, 3.05) is 31.8 Å². The highest BCUT2D eigenvalue weighted by Crippen LogP contribution is 2.28. The van der Waals surface area contributed by atoms with Crippen molar-refractivity contribution in [3.63, 3.8) is 0 Å². The molecule has 1 N–H and O–H groups in total. The molecule has 0 saturated carbocycles. The van der Waals surface area contributed by atoms with Crippen LogP contribution in [0.25, 0.3) is 0 Å². The molecule has 8 heteroatoms. The molecule has 2 aromatic rings. The lowest BCUT2D eigenvalue weighted by Crippen LogP contribution is -2.42. The van der Waals surface area contributed by atoms with E-state index in [1.54, 1.807) is 18.2 Å². The van der Waals surface area contributed by atoms with Gasteiger partial charge in [-0.2, -0.15) is 0 Å². The van der Waals surface area contributed by atoms with Gasteiger partial charge in [0.05, 0.1) is 18.6 Å². The first-order valence-corrected chi connectivity index (χ1v) is 13.3. The number of aliphatic hydroxyl groups is 1. The highest BCUT2D eigenvalue weighted by atomic mass is 32.2. The first-order valence-electron chi connectivity index (χ1n) is 11.5. The molecule has 2 aromatic carbocycles. The zero-order valence-corrected chi connectivity index (χ0v) is 21.2. The zero-order valence-electron chi connectivity index (χ0n) is 20.4. The van der Waals surface area contributed by atoms with Crippen LogP contribution in [0.3, 0.4) is 0 Å². The number of hydrogen-bond acceptors (Lipinski definition) is 7. The number of aliphatic hydroxyl groups excluding tert-OH is 1. The Morgan fingerprint density at radius 3 is 2.41 bits per heavy atom. The first kappa shape index (κ1) is 26.2. The van der Waals surface area contributed by atoms with E-state index in [0.717, 1.165) is 11.8 Å². The van der Waals surface area contributed by atoms with Gasteiger partial charge in [-0.3, -0.25) is 9.69 Å². The summed E-state index contributed by atoms with van der Waals surface area (Å²) in [5.74, 6) is 1.11. The number of aldehydes is 1. The Morgan fingerprint density at radius 1 is 1.15 bits per heavy atom. The van der Waals surface area contributed by atoms with Gasteiger partial charge in [0.15, 0.2) is 21.3 Å². The molecule has 0 spiro atoms. The van der Waals surface area contributed by atoms with Gasteiger partial charge in [-0.1, -0.05) is 45.0 Å². The Morgan fingerprint density at radius 2 is 1.85 bits per heavy atom. The third kappa shape index (κ3) is 7.04. The van der Waals surface area contributed by atoms with Gasteiger partial charge in [-0.05, 0) is 41.2 Å². The van der Waals surface area contributed by atoms with Crippen LogP contribution in [-0.2, 0) is 21.8 Å². The Hall–Kier alpha value is -2.42. The molecule has 7 nitrogen and oxygen atoms in total. The van der Waals surface area contributed by atoms with Crippen molar-refractivity contribution in [1.82, 2.24) is 4.90 Å². The number of ether oxygens (including phenoxy) is 2. The molecule has 0 amide bonds. The minimum atomic E-state index is -3.07. The molecular formula is C26H35NO6S. The molecule has 0 aliphatic carbocycles. The van der Waals surface area contributed by atoms with E-state index in [9.17, 15) is 18.3 Å². The Labute approximate surface area is 202 Å². The molecular weight excluding hydrogens is 454 g/mol. The fourth-order valence-corrected chi connectivity index (χ4v) is 5.90. The highest BCUT2D eigenvalue weighted by molar-refractivity contribution is 7.91. The van der Waals surface area contributed by atoms with E-state index in [-0.39, 0.29) is 36.1 Å². The van der Waals surface area contributed by atoms with Crippen molar-refractivity contribution in [2.24, 2.45) is 0 Å². The Kier molecular flexibility index (Phi) is 8.38. The van der Waals surface area contributed by atoms with Crippen LogP contribution in [0.2, 0.25) is 0 Å². The average molecular weight is 490 g/mol. The Balaban J connectivity index is 1.69. The molecule has 186 valence electrons. The smallest absolute Gasteiger partial charge is 0.161 e. The van der Waals surface area contributed by atoms with Crippen molar-refractivity contribution in [3.05, 3.63) is 59.2 Å². The normalized spacial score (nSPS) is 18.6. The summed E-state index contributed by atoms with van der Waals surface area (Å²) >= 11 is 0. The lowest BCUT2D eigenvalue weighted by molar-refractivity contribution is 0.0517. The van der Waals surface area contributed by atoms with Gasteiger partial charge < -0.3 is 14.6 Å². The molecule has 34 heavy (non-hydrogen) atoms. The van der Waals surface area contributed by atoms with Crippen LogP contribution < -0.4 is 9.47 Å². The summed E-state index contributed by atoms with van der Waals surface area (Å²) in [6, 6.07) is 13.0. The minimum absolute atomic E-state index is 0.00965. The second-order valence-corrected chi connectivity index (χ2v) is 12.2. The average Bonchev–Trinajstić information content (AvgIpc) is 3.16. The molecule has 1 fully saturated rings. The predicted molar refractivity (Wildman–Crippen MR) is 132 cm³/mol. The van der Waals surface area contributed by atoms with Crippen molar-refractivity contribution in [3.8, 4) is 11.5 Å². The minimum Gasteiger partial charge on any atom is -0.493 e. The number of benzene rings is 2. The number of nitrogens with zero attached hydrogens (tertiary/aromatic N) is 1. The van der Waals surface area contributed by atoms with Gasteiger partial charge in [0.1, 0.15) is 19.0 Å². The number of hydrogen-bond donors (Lipinski definition) is 1. The predicted octanol–water partition coefficient (Wildman–Crippen LogP) is 3.23. The number of rotatable bonds is 10. The summed E-state index contributed by atoms with van der Waals surface area (Å²) in [5, 5.41) is 10.8. The van der Waals surface area contributed by atoms with Gasteiger partial charge in [0.2, 0.25) is 0 Å². The number of carbonyl (C=O) groups excluding carboxylic acids is 1. The summed E-state index contributed by atoms with van der Waals surface area (Å²) in [5.41, 5.74) is 2.82. The van der Waals surface area contributed by atoms with E-state index in [4.69, 9.17) is 9.47 Å². The van der Waals surface area contributed by atoms with Gasteiger partial charge >= 0.3 is 0 Å². The largest absolute Gasteiger partial charge is 0.493 e. The fraction of sp³-hybridized carbons (Fsp3) is 0.500. The summed E-state index contributed by atoms with van der Waals surface area (Å²) < 4.78 is 35.3. The molecule has 1 aliphatic heterocycles. The van der Waals surface area contributed by atoms with E-state index in [1.165, 1.54) is 12.7 Å². The van der Waals surface area contributed by atoms with Gasteiger partial charge in [0.25, 0.3) is 0 Å². The maximum absolute atomic E-state index is 12.1. The fourth-order valence-electron chi connectivity index (χ4n) is 4.14. The molecule has 3 rings (SSSR count). The van der Waals surface area contributed by atoms with Crippen molar-refractivity contribution in [1.29, 1.82) is 0 Å². The number of methoxy groups -OCH3 is 1. The molecule has 0 aromatic heterocycles. The lowest BCUT2D eigenvalue weighted by Gasteiger charge is -2.30. The summed E-state index contributed by atoms with van der Waals surface area (Å²) in [4.78, 5) is 13.0. The molecule has 0 bridgehead atoms. The summed E-state index contributed by atoms with van der Waals surface area (Å²) in [6.45, 7) is 7.31.